The Morgan fingerprint density at radius 2 is 0.573 bits per heavy atom. The van der Waals surface area contributed by atoms with Crippen LogP contribution >= 0.6 is 0 Å². The van der Waals surface area contributed by atoms with Crippen molar-refractivity contribution < 1.29 is 24.0 Å². The number of aromatic nitrogens is 6. The molecule has 0 aliphatic carbocycles. The minimum Gasteiger partial charge on any atom is -0.354 e. The van der Waals surface area contributed by atoms with Crippen LogP contribution in [0.3, 0.4) is 0 Å². The number of rotatable bonds is 14. The molecule has 0 saturated heterocycles. The average Bonchev–Trinajstić information content (AvgIpc) is 1.63. The number of hydrogen-bond acceptors (Lipinski definition) is 9. The molecule has 0 saturated carbocycles. The first-order chi connectivity index (χ1) is 48.6. The predicted molar refractivity (Wildman–Crippen MR) is 421 cm³/mol. The van der Waals surface area contributed by atoms with Gasteiger partial charge in [-0.3, -0.25) is 24.0 Å². The molecule has 10 aromatic rings. The zero-order valence-corrected chi connectivity index (χ0v) is 61.3. The van der Waals surface area contributed by atoms with Gasteiger partial charge in [-0.1, -0.05) is 201 Å². The van der Waals surface area contributed by atoms with Gasteiger partial charge in [-0.05, 0) is 169 Å². The van der Waals surface area contributed by atoms with Gasteiger partial charge in [-0.2, -0.15) is 0 Å². The summed E-state index contributed by atoms with van der Waals surface area (Å²) in [5, 5.41) is 14.2. The molecule has 522 valence electrons. The smallest absolute Gasteiger partial charge is 0.256 e. The van der Waals surface area contributed by atoms with Crippen LogP contribution in [0.15, 0.2) is 176 Å². The number of aromatic amines is 2. The number of hydrogen-bond donors (Lipinski definition) is 7. The molecule has 16 heteroatoms. The van der Waals surface area contributed by atoms with Crippen LogP contribution in [0.25, 0.3) is 90.9 Å². The zero-order valence-electron chi connectivity index (χ0n) is 61.3. The van der Waals surface area contributed by atoms with E-state index in [9.17, 15) is 24.0 Å². The summed E-state index contributed by atoms with van der Waals surface area (Å²) >= 11 is 0. The molecule has 0 spiro atoms. The van der Waals surface area contributed by atoms with E-state index in [0.29, 0.717) is 11.4 Å². The van der Waals surface area contributed by atoms with Crippen LogP contribution in [-0.4, -0.2) is 59.4 Å². The molecule has 12 rings (SSSR count). The molecule has 0 fully saturated rings. The van der Waals surface area contributed by atoms with E-state index in [1.165, 1.54) is 34.9 Å². The van der Waals surface area contributed by atoms with Crippen molar-refractivity contribution in [1.29, 1.82) is 0 Å². The van der Waals surface area contributed by atoms with Gasteiger partial charge in [0, 0.05) is 79.5 Å². The highest BCUT2D eigenvalue weighted by atomic mass is 16.2. The van der Waals surface area contributed by atoms with Gasteiger partial charge in [-0.15, -0.1) is 0 Å². The van der Waals surface area contributed by atoms with Gasteiger partial charge in [0.2, 0.25) is 11.8 Å². The second-order valence-electron chi connectivity index (χ2n) is 32.1. The van der Waals surface area contributed by atoms with Crippen LogP contribution in [0.2, 0.25) is 0 Å². The minimum absolute atomic E-state index is 0.0155. The first-order valence-electron chi connectivity index (χ1n) is 34.9. The van der Waals surface area contributed by atoms with Crippen molar-refractivity contribution >= 4 is 105 Å². The maximum absolute atomic E-state index is 14.8. The number of pyridine rings is 2. The molecule has 5 aromatic heterocycles. The molecule has 2 aliphatic heterocycles. The first-order valence-corrected chi connectivity index (χ1v) is 34.9. The Morgan fingerprint density at radius 3 is 0.845 bits per heavy atom. The van der Waals surface area contributed by atoms with E-state index in [1.807, 2.05) is 53.7 Å². The predicted octanol–water partition coefficient (Wildman–Crippen LogP) is 20.5. The fourth-order valence-electron chi connectivity index (χ4n) is 12.6. The standard InChI is InChI=1S/C87H89N11O5/c1-83(2,3)49-74(99)95-70-18-16-20-72(93-70)97-81(102)56-46-55(47-57(48-56)82(103)98-73-21-17-19-71(94-73)96-75(100)50-84(4,5)6)80(101)88-61-36-28-54(29-37-61)79-68-44-42-66(91-68)77(52-24-32-59(33-25-52)86(10,11)12)64-40-38-62(89-64)76(51-22-30-58(31-23-51)85(7,8)9)63-39-41-65(90-63)78(67-43-45-69(79)92-67)53-26-34-60(35-27-53)87(13,14)15/h16-48,89,92H,49-50H2,1-15H3,(H,88,101)(H2,93,95,97,99,102)(H2,94,96,98,100,103). The summed E-state index contributed by atoms with van der Waals surface area (Å²) in [5.74, 6) is -1.79. The zero-order chi connectivity index (χ0) is 73.5. The Kier molecular flexibility index (Phi) is 19.4. The molecule has 8 bridgehead atoms. The molecule has 16 nitrogen and oxygen atoms in total. The molecule has 0 radical (unpaired) electrons. The van der Waals surface area contributed by atoms with Gasteiger partial charge in [0.1, 0.15) is 23.3 Å². The summed E-state index contributed by atoms with van der Waals surface area (Å²) in [6.07, 6.45) is 8.83. The molecule has 2 aliphatic rings. The van der Waals surface area contributed by atoms with Crippen LogP contribution in [0.4, 0.5) is 29.0 Å². The third-order valence-electron chi connectivity index (χ3n) is 17.9. The van der Waals surface area contributed by atoms with E-state index >= 15 is 0 Å². The Hall–Kier alpha value is -11.7. The number of carbonyl (C=O) groups excluding carboxylic acids is 5. The van der Waals surface area contributed by atoms with Crippen molar-refractivity contribution in [3.8, 4) is 44.5 Å². The lowest BCUT2D eigenvalue weighted by molar-refractivity contribution is -0.118. The average molecular weight is 1370 g/mol. The molecule has 7 N–H and O–H groups in total. The van der Waals surface area contributed by atoms with Crippen LogP contribution in [0.1, 0.15) is 187 Å². The van der Waals surface area contributed by atoms with E-state index in [1.54, 1.807) is 48.5 Å². The number of nitrogens with one attached hydrogen (secondary N) is 7. The molecule has 5 aromatic carbocycles. The van der Waals surface area contributed by atoms with E-state index in [-0.39, 0.29) is 91.7 Å². The quantitative estimate of drug-likeness (QED) is 0.0548. The molecule has 5 amide bonds. The summed E-state index contributed by atoms with van der Waals surface area (Å²) < 4.78 is 0. The lowest BCUT2D eigenvalue weighted by Gasteiger charge is -2.19. The fourth-order valence-corrected chi connectivity index (χ4v) is 12.6. The number of nitrogens with zero attached hydrogens (tertiary/aromatic N) is 4. The van der Waals surface area contributed by atoms with Crippen molar-refractivity contribution in [3.63, 3.8) is 0 Å². The van der Waals surface area contributed by atoms with E-state index in [4.69, 9.17) is 9.97 Å². The van der Waals surface area contributed by atoms with Crippen LogP contribution < -0.4 is 26.6 Å². The molecule has 0 unspecified atom stereocenters. The van der Waals surface area contributed by atoms with Gasteiger partial charge in [0.05, 0.1) is 22.8 Å². The van der Waals surface area contributed by atoms with Crippen molar-refractivity contribution in [2.45, 2.75) is 133 Å². The Bertz CT molecular complexity index is 5050. The van der Waals surface area contributed by atoms with Crippen molar-refractivity contribution in [2.75, 3.05) is 26.6 Å². The van der Waals surface area contributed by atoms with Gasteiger partial charge < -0.3 is 36.6 Å². The van der Waals surface area contributed by atoms with Crippen LogP contribution in [0, 0.1) is 10.8 Å². The molecule has 0 atom stereocenters. The monoisotopic (exact) mass is 1370 g/mol. The van der Waals surface area contributed by atoms with Crippen LogP contribution in [-0.2, 0) is 25.8 Å². The van der Waals surface area contributed by atoms with E-state index in [2.05, 4.69) is 230 Å². The van der Waals surface area contributed by atoms with Gasteiger partial charge >= 0.3 is 0 Å². The van der Waals surface area contributed by atoms with Gasteiger partial charge in [0.15, 0.2) is 0 Å². The molecule has 7 heterocycles. The number of fused-ring (bicyclic) bond motifs is 8. The summed E-state index contributed by atoms with van der Waals surface area (Å²) in [6, 6.07) is 56.0. The Morgan fingerprint density at radius 1 is 0.311 bits per heavy atom. The number of H-pyrrole nitrogens is 2. The van der Waals surface area contributed by atoms with Crippen molar-refractivity contribution in [1.82, 2.24) is 29.9 Å². The molecule has 103 heavy (non-hydrogen) atoms. The second-order valence-corrected chi connectivity index (χ2v) is 32.1. The minimum atomic E-state index is -0.686. The highest BCUT2D eigenvalue weighted by Crippen LogP contribution is 2.41. The second kappa shape index (κ2) is 28.1. The summed E-state index contributed by atoms with van der Waals surface area (Å²) in [4.78, 5) is 97.1. The highest BCUT2D eigenvalue weighted by Gasteiger charge is 2.26. The Labute approximate surface area is 602 Å². The number of amides is 5. The highest BCUT2D eigenvalue weighted by molar-refractivity contribution is 6.13. The summed E-state index contributed by atoms with van der Waals surface area (Å²) in [7, 11) is 0. The largest absolute Gasteiger partial charge is 0.354 e. The third-order valence-corrected chi connectivity index (χ3v) is 17.9. The number of carbonyl (C=O) groups is 5. The van der Waals surface area contributed by atoms with Crippen molar-refractivity contribution in [3.05, 3.63) is 232 Å². The van der Waals surface area contributed by atoms with E-state index in [0.717, 1.165) is 83.7 Å². The third kappa shape index (κ3) is 16.9. The first kappa shape index (κ1) is 71.2. The SMILES string of the molecule is CC(C)(C)CC(=O)Nc1cccc(NC(=O)c2cc(C(=O)Nc3ccc(-c4c5nc(c(-c6ccc(C(C)(C)C)cc6)c6ccc([nH]6)c(-c6ccc(C(C)(C)C)cc6)c6nc(c(-c7ccc(C(C)(C)C)cc7)c7ccc4[nH]7)C=C6)C=C5)cc3)cc(C(=O)Nc3cccc(NC(=O)CC(C)(C)C)n3)c2)n1. The maximum atomic E-state index is 14.8. The topological polar surface area (TPSA) is 229 Å². The van der Waals surface area contributed by atoms with Crippen LogP contribution in [0.5, 0.6) is 0 Å². The normalized spacial score (nSPS) is 12.4. The lowest BCUT2D eigenvalue weighted by Crippen LogP contribution is -2.21. The van der Waals surface area contributed by atoms with Crippen molar-refractivity contribution in [2.24, 2.45) is 10.8 Å². The number of benzene rings is 5. The molecular formula is C87H89N11O5. The van der Waals surface area contributed by atoms with Gasteiger partial charge in [-0.25, -0.2) is 19.9 Å². The number of anilines is 5. The summed E-state index contributed by atoms with van der Waals surface area (Å²) in [6.45, 7) is 31.7. The maximum Gasteiger partial charge on any atom is 0.256 e. The fraction of sp³-hybridized carbons (Fsp3) is 0.253. The molecular weight excluding hydrogens is 1280 g/mol. The Balaban J connectivity index is 0.965. The van der Waals surface area contributed by atoms with E-state index < -0.39 is 17.7 Å². The summed E-state index contributed by atoms with van der Waals surface area (Å²) in [5.41, 5.74) is 17.0. The van der Waals surface area contributed by atoms with Gasteiger partial charge in [0.25, 0.3) is 17.7 Å². The lowest BCUT2D eigenvalue weighted by atomic mass is 9.86.